The largest absolute Gasteiger partial charge is 0.309 e. The van der Waals surface area contributed by atoms with Gasteiger partial charge >= 0.3 is 0 Å². The summed E-state index contributed by atoms with van der Waals surface area (Å²) in [5.74, 6) is 0.938. The number of aromatic nitrogens is 3. The second-order valence-electron chi connectivity index (χ2n) is 14.7. The van der Waals surface area contributed by atoms with E-state index in [4.69, 9.17) is 4.98 Å². The third-order valence-electron chi connectivity index (χ3n) is 11.7. The molecular weight excluding hydrogens is 679 g/mol. The molecule has 0 spiro atoms. The van der Waals surface area contributed by atoms with E-state index in [0.29, 0.717) is 0 Å². The second-order valence-corrected chi connectivity index (χ2v) is 14.7. The van der Waals surface area contributed by atoms with Gasteiger partial charge in [-0.15, -0.1) is 0 Å². The Balaban J connectivity index is 1.21. The summed E-state index contributed by atoms with van der Waals surface area (Å²) in [6.07, 6.45) is 0. The molecule has 12 rings (SSSR count). The van der Waals surface area contributed by atoms with Gasteiger partial charge in [0, 0.05) is 38.5 Å². The van der Waals surface area contributed by atoms with Crippen molar-refractivity contribution in [3.63, 3.8) is 0 Å². The van der Waals surface area contributed by atoms with Crippen molar-refractivity contribution in [3.8, 4) is 33.9 Å². The summed E-state index contributed by atoms with van der Waals surface area (Å²) in [6, 6.07) is 72.5. The molecule has 2 aromatic heterocycles. The lowest BCUT2D eigenvalue weighted by molar-refractivity contribution is 1.11. The first-order chi connectivity index (χ1) is 27.8. The number of fused-ring (bicyclic) bond motifs is 11. The number of para-hydroxylation sites is 3. The third-order valence-corrected chi connectivity index (χ3v) is 11.7. The summed E-state index contributed by atoms with van der Waals surface area (Å²) in [4.78, 5) is 5.71. The predicted octanol–water partition coefficient (Wildman–Crippen LogP) is 14.1. The van der Waals surface area contributed by atoms with Crippen molar-refractivity contribution in [1.82, 2.24) is 14.1 Å². The van der Waals surface area contributed by atoms with Crippen molar-refractivity contribution < 1.29 is 0 Å². The van der Waals surface area contributed by atoms with Gasteiger partial charge in [-0.05, 0) is 85.9 Å². The first kappa shape index (κ1) is 30.9. The van der Waals surface area contributed by atoms with E-state index >= 15 is 0 Å². The number of rotatable bonds is 4. The van der Waals surface area contributed by atoms with Gasteiger partial charge < -0.3 is 4.57 Å². The van der Waals surface area contributed by atoms with Crippen LogP contribution in [-0.4, -0.2) is 14.1 Å². The summed E-state index contributed by atoms with van der Waals surface area (Å²) in [5.41, 5.74) is 10.3. The van der Waals surface area contributed by atoms with E-state index in [-0.39, 0.29) is 0 Å². The molecule has 0 aliphatic heterocycles. The molecule has 3 heteroatoms. The van der Waals surface area contributed by atoms with Crippen LogP contribution in [0.1, 0.15) is 0 Å². The van der Waals surface area contributed by atoms with Crippen LogP contribution in [-0.2, 0) is 0 Å². The maximum atomic E-state index is 5.71. The van der Waals surface area contributed by atoms with Crippen LogP contribution in [0.15, 0.2) is 200 Å². The van der Waals surface area contributed by atoms with Gasteiger partial charge in [0.25, 0.3) is 0 Å². The Morgan fingerprint density at radius 3 is 1.38 bits per heavy atom. The van der Waals surface area contributed by atoms with Crippen molar-refractivity contribution in [1.29, 1.82) is 0 Å². The molecule has 10 aromatic carbocycles. The molecule has 56 heavy (non-hydrogen) atoms. The molecule has 0 aliphatic carbocycles. The van der Waals surface area contributed by atoms with Crippen molar-refractivity contribution in [3.05, 3.63) is 200 Å². The van der Waals surface area contributed by atoms with Crippen LogP contribution in [0.2, 0.25) is 0 Å². The van der Waals surface area contributed by atoms with Crippen LogP contribution in [0.3, 0.4) is 0 Å². The van der Waals surface area contributed by atoms with Gasteiger partial charge in [0.15, 0.2) is 0 Å². The molecule has 0 fully saturated rings. The number of hydrogen-bond acceptors (Lipinski definition) is 1. The molecule has 0 saturated carbocycles. The quantitative estimate of drug-likeness (QED) is 0.132. The van der Waals surface area contributed by atoms with Crippen LogP contribution < -0.4 is 0 Å². The monoisotopic (exact) mass is 711 g/mol. The van der Waals surface area contributed by atoms with Crippen molar-refractivity contribution in [2.45, 2.75) is 0 Å². The maximum Gasteiger partial charge on any atom is 0.147 e. The molecule has 0 atom stereocenters. The minimum atomic E-state index is 0.938. The fourth-order valence-corrected chi connectivity index (χ4v) is 9.37. The molecule has 0 saturated heterocycles. The Morgan fingerprint density at radius 1 is 0.304 bits per heavy atom. The van der Waals surface area contributed by atoms with E-state index < -0.39 is 0 Å². The Hall–Kier alpha value is -7.49. The minimum absolute atomic E-state index is 0.938. The lowest BCUT2D eigenvalue weighted by atomic mass is 9.87. The molecule has 0 bridgehead atoms. The van der Waals surface area contributed by atoms with Crippen LogP contribution in [0.25, 0.3) is 110 Å². The van der Waals surface area contributed by atoms with E-state index in [2.05, 4.69) is 209 Å². The summed E-state index contributed by atoms with van der Waals surface area (Å²) in [6.45, 7) is 0. The number of nitrogens with zero attached hydrogens (tertiary/aromatic N) is 3. The van der Waals surface area contributed by atoms with Crippen molar-refractivity contribution >= 4 is 75.9 Å². The van der Waals surface area contributed by atoms with Gasteiger partial charge in [-0.2, -0.15) is 0 Å². The molecule has 0 amide bonds. The SMILES string of the molecule is c1ccc(-n2c(-c3c4ccccc4c(-c4ccc5c(c4)c4ccccc4n5-c4ccccc4)c4ccccc34)nc3c4ccccc4c4ccccc4c32)cc1. The Labute approximate surface area is 322 Å². The predicted molar refractivity (Wildman–Crippen MR) is 236 cm³/mol. The van der Waals surface area contributed by atoms with E-state index in [9.17, 15) is 0 Å². The second kappa shape index (κ2) is 12.0. The van der Waals surface area contributed by atoms with Gasteiger partial charge in [-0.1, -0.05) is 158 Å². The summed E-state index contributed by atoms with van der Waals surface area (Å²) < 4.78 is 4.79. The summed E-state index contributed by atoms with van der Waals surface area (Å²) in [7, 11) is 0. The van der Waals surface area contributed by atoms with E-state index in [1.165, 1.54) is 70.6 Å². The first-order valence-electron chi connectivity index (χ1n) is 19.2. The zero-order valence-electron chi connectivity index (χ0n) is 30.4. The molecule has 260 valence electrons. The van der Waals surface area contributed by atoms with E-state index in [0.717, 1.165) is 39.2 Å². The van der Waals surface area contributed by atoms with Gasteiger partial charge in [0.05, 0.1) is 22.1 Å². The normalized spacial score (nSPS) is 11.9. The molecule has 0 unspecified atom stereocenters. The lowest BCUT2D eigenvalue weighted by Crippen LogP contribution is -2.00. The zero-order chi connectivity index (χ0) is 36.7. The van der Waals surface area contributed by atoms with Gasteiger partial charge in [-0.3, -0.25) is 4.57 Å². The highest BCUT2D eigenvalue weighted by Crippen LogP contribution is 2.47. The van der Waals surface area contributed by atoms with Crippen molar-refractivity contribution in [2.75, 3.05) is 0 Å². The summed E-state index contributed by atoms with van der Waals surface area (Å²) >= 11 is 0. The molecule has 2 heterocycles. The van der Waals surface area contributed by atoms with Crippen LogP contribution in [0.5, 0.6) is 0 Å². The Morgan fingerprint density at radius 2 is 0.750 bits per heavy atom. The topological polar surface area (TPSA) is 22.8 Å². The molecule has 0 radical (unpaired) electrons. The number of imidazole rings is 1. The van der Waals surface area contributed by atoms with Crippen LogP contribution in [0.4, 0.5) is 0 Å². The van der Waals surface area contributed by atoms with Crippen molar-refractivity contribution in [2.24, 2.45) is 0 Å². The molecule has 0 aliphatic rings. The Kier molecular flexibility index (Phi) is 6.63. The standard InChI is InChI=1S/C53H33N3/c1-3-17-35(18-4-1)55-47-30-16-15-23-39(47)46-33-34(31-32-48(46)55)49-40-24-9-11-26-42(40)50(43-27-12-10-25-41(43)49)53-54-51-44-28-13-7-21-37(44)38-22-8-14-29-45(38)52(51)56(53)36-19-5-2-6-20-36/h1-33H. The highest BCUT2D eigenvalue weighted by molar-refractivity contribution is 6.26. The highest BCUT2D eigenvalue weighted by Gasteiger charge is 2.25. The number of benzene rings is 10. The molecule has 0 N–H and O–H groups in total. The minimum Gasteiger partial charge on any atom is -0.309 e. The smallest absolute Gasteiger partial charge is 0.147 e. The third kappa shape index (κ3) is 4.37. The summed E-state index contributed by atoms with van der Waals surface area (Å²) in [5, 5.41) is 12.0. The van der Waals surface area contributed by atoms with Gasteiger partial charge in [0.2, 0.25) is 0 Å². The molecular formula is C53H33N3. The highest BCUT2D eigenvalue weighted by atomic mass is 15.1. The first-order valence-corrected chi connectivity index (χ1v) is 19.2. The average molecular weight is 712 g/mol. The molecule has 3 nitrogen and oxygen atoms in total. The fourth-order valence-electron chi connectivity index (χ4n) is 9.37. The maximum absolute atomic E-state index is 5.71. The van der Waals surface area contributed by atoms with E-state index in [1.807, 2.05) is 0 Å². The average Bonchev–Trinajstić information content (AvgIpc) is 3.83. The van der Waals surface area contributed by atoms with Crippen LogP contribution in [0, 0.1) is 0 Å². The fraction of sp³-hybridized carbons (Fsp3) is 0. The number of hydrogen-bond donors (Lipinski definition) is 0. The molecule has 12 aromatic rings. The lowest BCUT2D eigenvalue weighted by Gasteiger charge is -2.19. The van der Waals surface area contributed by atoms with Gasteiger partial charge in [0.1, 0.15) is 5.82 Å². The van der Waals surface area contributed by atoms with Gasteiger partial charge in [-0.25, -0.2) is 4.98 Å². The van der Waals surface area contributed by atoms with E-state index in [1.54, 1.807) is 0 Å². The Bertz CT molecular complexity index is 3460. The zero-order valence-corrected chi connectivity index (χ0v) is 30.4. The van der Waals surface area contributed by atoms with Crippen LogP contribution >= 0.6 is 0 Å².